The van der Waals surface area contributed by atoms with Gasteiger partial charge in [-0.2, -0.15) is 0 Å². The highest BCUT2D eigenvalue weighted by Gasteiger charge is 2.07. The molecule has 0 spiro atoms. The number of hydrogen-bond donors (Lipinski definition) is 1. The Kier molecular flexibility index (Phi) is 4.10. The van der Waals surface area contributed by atoms with E-state index in [2.05, 4.69) is 20.7 Å². The second-order valence-electron chi connectivity index (χ2n) is 2.87. The highest BCUT2D eigenvalue weighted by molar-refractivity contribution is 9.08. The molecule has 0 heterocycles. The normalized spacial score (nSPS) is 9.93. The molecule has 4 heteroatoms. The molecular weight excluding hydrogens is 246 g/mol. The van der Waals surface area contributed by atoms with Gasteiger partial charge in [-0.15, -0.1) is 0 Å². The van der Waals surface area contributed by atoms with Crippen LogP contribution in [0.15, 0.2) is 18.2 Å². The van der Waals surface area contributed by atoms with Crippen LogP contribution >= 0.6 is 15.9 Å². The van der Waals surface area contributed by atoms with Crippen LogP contribution in [0.2, 0.25) is 0 Å². The van der Waals surface area contributed by atoms with Gasteiger partial charge in [-0.1, -0.05) is 22.0 Å². The Morgan fingerprint density at radius 1 is 1.43 bits per heavy atom. The number of hydrogen-bond acceptors (Lipinski definition) is 3. The SMILES string of the molecule is COC(=O)c1cc(CN)cc(CBr)c1. The molecule has 14 heavy (non-hydrogen) atoms. The molecule has 2 N–H and O–H groups in total. The van der Waals surface area contributed by atoms with Gasteiger partial charge in [0.2, 0.25) is 0 Å². The molecule has 76 valence electrons. The third kappa shape index (κ3) is 2.56. The lowest BCUT2D eigenvalue weighted by molar-refractivity contribution is 0.0600. The van der Waals surface area contributed by atoms with Crippen molar-refractivity contribution in [1.82, 2.24) is 0 Å². The Balaban J connectivity index is 3.10. The number of carbonyl (C=O) groups excluding carboxylic acids is 1. The minimum atomic E-state index is -0.331. The van der Waals surface area contributed by atoms with E-state index < -0.39 is 0 Å². The first-order valence-corrected chi connectivity index (χ1v) is 5.30. The number of esters is 1. The number of nitrogens with two attached hydrogens (primary N) is 1. The fraction of sp³-hybridized carbons (Fsp3) is 0.300. The quantitative estimate of drug-likeness (QED) is 0.664. The standard InChI is InChI=1S/C10H12BrNO2/c1-14-10(13)9-3-7(5-11)2-8(4-9)6-12/h2-4H,5-6,12H2,1H3. The summed E-state index contributed by atoms with van der Waals surface area (Å²) in [7, 11) is 1.37. The van der Waals surface area contributed by atoms with Gasteiger partial charge >= 0.3 is 5.97 Å². The summed E-state index contributed by atoms with van der Waals surface area (Å²) in [5.74, 6) is -0.331. The van der Waals surface area contributed by atoms with E-state index in [0.717, 1.165) is 11.1 Å². The first-order chi connectivity index (χ1) is 6.71. The molecule has 0 saturated carbocycles. The lowest BCUT2D eigenvalue weighted by Gasteiger charge is -2.05. The molecule has 1 rings (SSSR count). The van der Waals surface area contributed by atoms with Gasteiger partial charge in [0, 0.05) is 11.9 Å². The fourth-order valence-electron chi connectivity index (χ4n) is 1.19. The first kappa shape index (κ1) is 11.2. The van der Waals surface area contributed by atoms with E-state index in [1.807, 2.05) is 6.07 Å². The number of rotatable bonds is 3. The summed E-state index contributed by atoms with van der Waals surface area (Å²) < 4.78 is 4.64. The molecule has 0 saturated heterocycles. The van der Waals surface area contributed by atoms with Crippen LogP contribution in [0.5, 0.6) is 0 Å². The molecule has 0 atom stereocenters. The van der Waals surface area contributed by atoms with Crippen LogP contribution in [-0.4, -0.2) is 13.1 Å². The van der Waals surface area contributed by atoms with E-state index in [0.29, 0.717) is 17.4 Å². The Morgan fingerprint density at radius 3 is 2.57 bits per heavy atom. The van der Waals surface area contributed by atoms with Crippen LogP contribution in [-0.2, 0) is 16.6 Å². The average Bonchev–Trinajstić information content (AvgIpc) is 2.27. The van der Waals surface area contributed by atoms with Crippen molar-refractivity contribution in [3.8, 4) is 0 Å². The Labute approximate surface area is 91.4 Å². The van der Waals surface area contributed by atoms with Gasteiger partial charge in [-0.25, -0.2) is 4.79 Å². The number of benzene rings is 1. The van der Waals surface area contributed by atoms with Crippen LogP contribution in [0.25, 0.3) is 0 Å². The third-order valence-corrected chi connectivity index (χ3v) is 2.51. The second-order valence-corrected chi connectivity index (χ2v) is 3.43. The summed E-state index contributed by atoms with van der Waals surface area (Å²) in [5, 5.41) is 0.699. The molecule has 0 aliphatic rings. The van der Waals surface area contributed by atoms with E-state index in [1.54, 1.807) is 12.1 Å². The van der Waals surface area contributed by atoms with E-state index in [1.165, 1.54) is 7.11 Å². The minimum Gasteiger partial charge on any atom is -0.465 e. The predicted octanol–water partition coefficient (Wildman–Crippen LogP) is 1.83. The fourth-order valence-corrected chi connectivity index (χ4v) is 1.52. The number of carbonyl (C=O) groups is 1. The molecule has 0 bridgehead atoms. The second kappa shape index (κ2) is 5.12. The highest BCUT2D eigenvalue weighted by atomic mass is 79.9. The van der Waals surface area contributed by atoms with Crippen molar-refractivity contribution in [3.05, 3.63) is 34.9 Å². The Morgan fingerprint density at radius 2 is 2.07 bits per heavy atom. The molecule has 1 aromatic rings. The number of methoxy groups -OCH3 is 1. The van der Waals surface area contributed by atoms with Crippen LogP contribution in [0.1, 0.15) is 21.5 Å². The van der Waals surface area contributed by atoms with Gasteiger partial charge in [-0.05, 0) is 23.3 Å². The monoisotopic (exact) mass is 257 g/mol. The van der Waals surface area contributed by atoms with Gasteiger partial charge in [0.15, 0.2) is 0 Å². The molecule has 0 aliphatic heterocycles. The van der Waals surface area contributed by atoms with Crippen LogP contribution in [0.4, 0.5) is 0 Å². The Bertz CT molecular complexity index is 317. The van der Waals surface area contributed by atoms with Crippen molar-refractivity contribution in [2.45, 2.75) is 11.9 Å². The summed E-state index contributed by atoms with van der Waals surface area (Å²) >= 11 is 3.33. The molecule has 1 aromatic carbocycles. The lowest BCUT2D eigenvalue weighted by atomic mass is 10.1. The van der Waals surface area contributed by atoms with Crippen molar-refractivity contribution in [1.29, 1.82) is 0 Å². The first-order valence-electron chi connectivity index (χ1n) is 4.18. The highest BCUT2D eigenvalue weighted by Crippen LogP contribution is 2.13. The largest absolute Gasteiger partial charge is 0.465 e. The molecular formula is C10H12BrNO2. The van der Waals surface area contributed by atoms with Crippen LogP contribution in [0.3, 0.4) is 0 Å². The van der Waals surface area contributed by atoms with Gasteiger partial charge in [-0.3, -0.25) is 0 Å². The smallest absolute Gasteiger partial charge is 0.337 e. The molecule has 0 unspecified atom stereocenters. The van der Waals surface area contributed by atoms with Crippen LogP contribution in [0, 0.1) is 0 Å². The minimum absolute atomic E-state index is 0.331. The maximum Gasteiger partial charge on any atom is 0.337 e. The molecule has 0 aliphatic carbocycles. The number of alkyl halides is 1. The van der Waals surface area contributed by atoms with Crippen molar-refractivity contribution >= 4 is 21.9 Å². The number of ether oxygens (including phenoxy) is 1. The summed E-state index contributed by atoms with van der Waals surface area (Å²) in [6.07, 6.45) is 0. The zero-order chi connectivity index (χ0) is 10.6. The van der Waals surface area contributed by atoms with Gasteiger partial charge in [0.05, 0.1) is 12.7 Å². The van der Waals surface area contributed by atoms with E-state index >= 15 is 0 Å². The van der Waals surface area contributed by atoms with Crippen molar-refractivity contribution < 1.29 is 9.53 Å². The van der Waals surface area contributed by atoms with E-state index in [4.69, 9.17) is 5.73 Å². The molecule has 0 radical (unpaired) electrons. The molecule has 0 fully saturated rings. The van der Waals surface area contributed by atoms with Crippen molar-refractivity contribution in [2.24, 2.45) is 5.73 Å². The molecule has 3 nitrogen and oxygen atoms in total. The summed E-state index contributed by atoms with van der Waals surface area (Å²) in [5.41, 5.74) is 8.02. The van der Waals surface area contributed by atoms with Crippen molar-refractivity contribution in [3.63, 3.8) is 0 Å². The zero-order valence-corrected chi connectivity index (χ0v) is 9.50. The topological polar surface area (TPSA) is 52.3 Å². The zero-order valence-electron chi connectivity index (χ0n) is 7.92. The van der Waals surface area contributed by atoms with Gasteiger partial charge < -0.3 is 10.5 Å². The average molecular weight is 258 g/mol. The van der Waals surface area contributed by atoms with Crippen LogP contribution < -0.4 is 5.73 Å². The van der Waals surface area contributed by atoms with Crippen molar-refractivity contribution in [2.75, 3.05) is 7.11 Å². The predicted molar refractivity (Wildman–Crippen MR) is 58.3 cm³/mol. The molecule has 0 amide bonds. The summed E-state index contributed by atoms with van der Waals surface area (Å²) in [4.78, 5) is 11.3. The lowest BCUT2D eigenvalue weighted by Crippen LogP contribution is -2.05. The van der Waals surface area contributed by atoms with Gasteiger partial charge in [0.25, 0.3) is 0 Å². The number of halogens is 1. The third-order valence-electron chi connectivity index (χ3n) is 1.86. The maximum absolute atomic E-state index is 11.3. The Hall–Kier alpha value is -0.870. The van der Waals surface area contributed by atoms with Gasteiger partial charge in [0.1, 0.15) is 0 Å². The van der Waals surface area contributed by atoms with E-state index in [-0.39, 0.29) is 5.97 Å². The maximum atomic E-state index is 11.3. The molecule has 0 aromatic heterocycles. The summed E-state index contributed by atoms with van der Waals surface area (Å²) in [6.45, 7) is 0.421. The van der Waals surface area contributed by atoms with E-state index in [9.17, 15) is 4.79 Å². The summed E-state index contributed by atoms with van der Waals surface area (Å²) in [6, 6.07) is 5.50.